The first-order valence-corrected chi connectivity index (χ1v) is 10.2. The SMILES string of the molecule is Cc1nc2ccc(C(=O)N3CC4CCC3CN(C3CCOCC3)C4)cc2o1. The van der Waals surface area contributed by atoms with E-state index in [4.69, 9.17) is 9.15 Å². The quantitative estimate of drug-likeness (QED) is 0.815. The third kappa shape index (κ3) is 3.25. The maximum atomic E-state index is 13.3. The van der Waals surface area contributed by atoms with Crippen LogP contribution in [0.3, 0.4) is 0 Å². The second-order valence-corrected chi connectivity index (χ2v) is 8.27. The van der Waals surface area contributed by atoms with Crippen molar-refractivity contribution in [3.8, 4) is 0 Å². The number of carbonyl (C=O) groups excluding carboxylic acids is 1. The molecular formula is C21H27N3O3. The van der Waals surface area contributed by atoms with Crippen molar-refractivity contribution in [3.05, 3.63) is 29.7 Å². The summed E-state index contributed by atoms with van der Waals surface area (Å²) < 4.78 is 11.2. The summed E-state index contributed by atoms with van der Waals surface area (Å²) in [6.45, 7) is 6.56. The first-order chi connectivity index (χ1) is 13.2. The fourth-order valence-corrected chi connectivity index (χ4v) is 5.05. The number of hydrogen-bond acceptors (Lipinski definition) is 5. The van der Waals surface area contributed by atoms with E-state index in [1.54, 1.807) is 0 Å². The molecule has 4 fully saturated rings. The summed E-state index contributed by atoms with van der Waals surface area (Å²) in [6, 6.07) is 6.56. The number of benzene rings is 1. The van der Waals surface area contributed by atoms with E-state index < -0.39 is 0 Å². The fourth-order valence-electron chi connectivity index (χ4n) is 5.05. The molecule has 1 aromatic carbocycles. The van der Waals surface area contributed by atoms with Gasteiger partial charge in [0.2, 0.25) is 0 Å². The third-order valence-corrected chi connectivity index (χ3v) is 6.45. The van der Waals surface area contributed by atoms with Crippen LogP contribution in [0.5, 0.6) is 0 Å². The average molecular weight is 369 g/mol. The first-order valence-electron chi connectivity index (χ1n) is 10.2. The molecule has 4 aliphatic rings. The number of rotatable bonds is 2. The van der Waals surface area contributed by atoms with Crippen LogP contribution in [-0.4, -0.2) is 65.6 Å². The van der Waals surface area contributed by atoms with Gasteiger partial charge in [0.15, 0.2) is 11.5 Å². The molecule has 2 atom stereocenters. The Labute approximate surface area is 159 Å². The van der Waals surface area contributed by atoms with Gasteiger partial charge in [-0.15, -0.1) is 0 Å². The molecule has 27 heavy (non-hydrogen) atoms. The molecule has 0 N–H and O–H groups in total. The number of ether oxygens (including phenoxy) is 1. The predicted molar refractivity (Wildman–Crippen MR) is 102 cm³/mol. The molecule has 4 aliphatic heterocycles. The maximum Gasteiger partial charge on any atom is 0.254 e. The van der Waals surface area contributed by atoms with Crippen LogP contribution in [0.15, 0.2) is 22.6 Å². The highest BCUT2D eigenvalue weighted by molar-refractivity contribution is 5.97. The number of nitrogens with zero attached hydrogens (tertiary/aromatic N) is 3. The molecule has 1 aromatic heterocycles. The van der Waals surface area contributed by atoms with E-state index in [1.807, 2.05) is 25.1 Å². The van der Waals surface area contributed by atoms with Gasteiger partial charge in [0, 0.05) is 57.4 Å². The molecule has 2 aromatic rings. The zero-order valence-corrected chi connectivity index (χ0v) is 15.9. The third-order valence-electron chi connectivity index (χ3n) is 6.45. The van der Waals surface area contributed by atoms with E-state index in [0.717, 1.165) is 57.6 Å². The smallest absolute Gasteiger partial charge is 0.254 e. The first kappa shape index (κ1) is 17.2. The van der Waals surface area contributed by atoms with Gasteiger partial charge in [-0.2, -0.15) is 0 Å². The Balaban J connectivity index is 1.37. The van der Waals surface area contributed by atoms with Gasteiger partial charge < -0.3 is 14.1 Å². The Kier molecular flexibility index (Phi) is 4.40. The predicted octanol–water partition coefficient (Wildman–Crippen LogP) is 2.85. The highest BCUT2D eigenvalue weighted by Gasteiger charge is 2.39. The van der Waals surface area contributed by atoms with Crippen LogP contribution < -0.4 is 0 Å². The Morgan fingerprint density at radius 3 is 2.78 bits per heavy atom. The van der Waals surface area contributed by atoms with E-state index in [2.05, 4.69) is 14.8 Å². The highest BCUT2D eigenvalue weighted by Crippen LogP contribution is 2.32. The molecule has 0 saturated carbocycles. The number of aromatic nitrogens is 1. The fraction of sp³-hybridized carbons (Fsp3) is 0.619. The molecule has 2 unspecified atom stereocenters. The summed E-state index contributed by atoms with van der Waals surface area (Å²) in [6.07, 6.45) is 4.58. The van der Waals surface area contributed by atoms with Crippen LogP contribution >= 0.6 is 0 Å². The van der Waals surface area contributed by atoms with E-state index in [1.165, 1.54) is 6.42 Å². The molecule has 6 heteroatoms. The lowest BCUT2D eigenvalue weighted by molar-refractivity contribution is 0.0304. The lowest BCUT2D eigenvalue weighted by Crippen LogP contribution is -2.48. The molecule has 2 bridgehead atoms. The molecule has 6 rings (SSSR count). The van der Waals surface area contributed by atoms with E-state index >= 15 is 0 Å². The Hall–Kier alpha value is -1.92. The molecule has 4 saturated heterocycles. The number of piperidine rings is 1. The Morgan fingerprint density at radius 2 is 1.93 bits per heavy atom. The summed E-state index contributed by atoms with van der Waals surface area (Å²) in [4.78, 5) is 22.4. The summed E-state index contributed by atoms with van der Waals surface area (Å²) in [7, 11) is 0. The topological polar surface area (TPSA) is 58.8 Å². The van der Waals surface area contributed by atoms with Crippen molar-refractivity contribution in [2.75, 3.05) is 32.8 Å². The summed E-state index contributed by atoms with van der Waals surface area (Å²) in [5, 5.41) is 0. The van der Waals surface area contributed by atoms with Crippen LogP contribution in [0.2, 0.25) is 0 Å². The summed E-state index contributed by atoms with van der Waals surface area (Å²) in [5.74, 6) is 1.34. The van der Waals surface area contributed by atoms with Gasteiger partial charge in [0.25, 0.3) is 5.91 Å². The number of oxazole rings is 1. The molecule has 6 nitrogen and oxygen atoms in total. The van der Waals surface area contributed by atoms with Gasteiger partial charge in [0.1, 0.15) is 5.52 Å². The largest absolute Gasteiger partial charge is 0.441 e. The van der Waals surface area contributed by atoms with Crippen molar-refractivity contribution in [2.45, 2.75) is 44.7 Å². The van der Waals surface area contributed by atoms with E-state index in [0.29, 0.717) is 35.0 Å². The van der Waals surface area contributed by atoms with Gasteiger partial charge in [-0.25, -0.2) is 4.98 Å². The molecular weight excluding hydrogens is 342 g/mol. The van der Waals surface area contributed by atoms with Gasteiger partial charge in [-0.1, -0.05) is 0 Å². The van der Waals surface area contributed by atoms with Crippen molar-refractivity contribution >= 4 is 17.0 Å². The lowest BCUT2D eigenvalue weighted by atomic mass is 9.94. The monoisotopic (exact) mass is 369 g/mol. The molecule has 0 aliphatic carbocycles. The van der Waals surface area contributed by atoms with Crippen LogP contribution in [0.4, 0.5) is 0 Å². The summed E-state index contributed by atoms with van der Waals surface area (Å²) >= 11 is 0. The average Bonchev–Trinajstić information content (AvgIpc) is 2.85. The molecule has 0 radical (unpaired) electrons. The Bertz CT molecular complexity index is 842. The van der Waals surface area contributed by atoms with Crippen LogP contribution in [-0.2, 0) is 4.74 Å². The maximum absolute atomic E-state index is 13.3. The van der Waals surface area contributed by atoms with E-state index in [-0.39, 0.29) is 5.91 Å². The van der Waals surface area contributed by atoms with E-state index in [9.17, 15) is 4.79 Å². The van der Waals surface area contributed by atoms with Crippen LogP contribution in [0.1, 0.15) is 41.9 Å². The number of fused-ring (bicyclic) bond motifs is 5. The number of amides is 1. The van der Waals surface area contributed by atoms with Crippen molar-refractivity contribution in [2.24, 2.45) is 5.92 Å². The minimum Gasteiger partial charge on any atom is -0.441 e. The summed E-state index contributed by atoms with van der Waals surface area (Å²) in [5.41, 5.74) is 2.22. The molecule has 5 heterocycles. The minimum absolute atomic E-state index is 0.134. The number of carbonyl (C=O) groups is 1. The van der Waals surface area contributed by atoms with Crippen molar-refractivity contribution in [1.29, 1.82) is 0 Å². The second-order valence-electron chi connectivity index (χ2n) is 8.27. The van der Waals surface area contributed by atoms with Crippen molar-refractivity contribution < 1.29 is 13.9 Å². The zero-order valence-electron chi connectivity index (χ0n) is 15.9. The standard InChI is InChI=1S/C21H27N3O3/c1-14-22-19-5-3-16(10-20(19)27-14)21(25)24-12-15-2-4-18(24)13-23(11-15)17-6-8-26-9-7-17/h3,5,10,15,17-18H,2,4,6-9,11-13H2,1H3. The Morgan fingerprint density at radius 1 is 1.07 bits per heavy atom. The normalized spacial score (nSPS) is 27.2. The number of aryl methyl sites for hydroxylation is 1. The van der Waals surface area contributed by atoms with Crippen LogP contribution in [0.25, 0.3) is 11.1 Å². The van der Waals surface area contributed by atoms with Gasteiger partial charge >= 0.3 is 0 Å². The van der Waals surface area contributed by atoms with Gasteiger partial charge in [0.05, 0.1) is 0 Å². The van der Waals surface area contributed by atoms with Crippen molar-refractivity contribution in [1.82, 2.24) is 14.8 Å². The van der Waals surface area contributed by atoms with Crippen LogP contribution in [0, 0.1) is 12.8 Å². The highest BCUT2D eigenvalue weighted by atomic mass is 16.5. The number of hydrogen-bond donors (Lipinski definition) is 0. The molecule has 1 amide bonds. The zero-order chi connectivity index (χ0) is 18.4. The lowest BCUT2D eigenvalue weighted by Gasteiger charge is -2.37. The van der Waals surface area contributed by atoms with Gasteiger partial charge in [-0.3, -0.25) is 9.69 Å². The van der Waals surface area contributed by atoms with Gasteiger partial charge in [-0.05, 0) is 49.8 Å². The minimum atomic E-state index is 0.134. The molecule has 0 spiro atoms. The second kappa shape index (κ2) is 6.91. The van der Waals surface area contributed by atoms with Crippen molar-refractivity contribution in [3.63, 3.8) is 0 Å². The molecule has 144 valence electrons.